The summed E-state index contributed by atoms with van der Waals surface area (Å²) in [5, 5.41) is 12.8. The maximum Gasteiger partial charge on any atom is 0.153 e. The molecule has 1 N–H and O–H groups in total. The van der Waals surface area contributed by atoms with E-state index in [0.29, 0.717) is 26.4 Å². The van der Waals surface area contributed by atoms with Gasteiger partial charge in [0.2, 0.25) is 0 Å². The van der Waals surface area contributed by atoms with E-state index < -0.39 is 0 Å². The van der Waals surface area contributed by atoms with Crippen molar-refractivity contribution in [2.75, 3.05) is 26.9 Å². The van der Waals surface area contributed by atoms with Gasteiger partial charge in [0.15, 0.2) is 5.75 Å². The summed E-state index contributed by atoms with van der Waals surface area (Å²) in [5.41, 5.74) is 0. The smallest absolute Gasteiger partial charge is 0.153 e. The molecule has 0 aromatic carbocycles. The summed E-state index contributed by atoms with van der Waals surface area (Å²) in [7, 11) is 1.63. The van der Waals surface area contributed by atoms with Crippen LogP contribution in [-0.4, -0.2) is 41.8 Å². The molecule has 0 saturated carbocycles. The number of aromatic nitrogens is 2. The Hall–Kier alpha value is -1.07. The average molecular weight is 186 g/mol. The summed E-state index contributed by atoms with van der Waals surface area (Å²) in [6.07, 6.45) is 2.95. The maximum absolute atomic E-state index is 8.95. The minimum atomic E-state index is 0.178. The van der Waals surface area contributed by atoms with Crippen LogP contribution in [0.1, 0.15) is 0 Å². The molecule has 0 fully saturated rings. The molecule has 0 aliphatic carbocycles. The molecule has 13 heavy (non-hydrogen) atoms. The van der Waals surface area contributed by atoms with Crippen molar-refractivity contribution in [1.82, 2.24) is 9.78 Å². The van der Waals surface area contributed by atoms with Crippen molar-refractivity contribution in [3.63, 3.8) is 0 Å². The van der Waals surface area contributed by atoms with Crippen LogP contribution in [0.25, 0.3) is 0 Å². The van der Waals surface area contributed by atoms with Gasteiger partial charge in [-0.1, -0.05) is 0 Å². The van der Waals surface area contributed by atoms with Crippen LogP contribution in [0.2, 0.25) is 0 Å². The first-order chi connectivity index (χ1) is 6.33. The highest BCUT2D eigenvalue weighted by Crippen LogP contribution is 2.03. The van der Waals surface area contributed by atoms with Gasteiger partial charge in [-0.05, 0) is 0 Å². The van der Waals surface area contributed by atoms with E-state index in [9.17, 15) is 0 Å². The summed E-state index contributed by atoms with van der Waals surface area (Å²) in [6, 6.07) is 0. The minimum absolute atomic E-state index is 0.178. The monoisotopic (exact) mass is 186 g/mol. The van der Waals surface area contributed by atoms with E-state index in [0.717, 1.165) is 0 Å². The van der Waals surface area contributed by atoms with E-state index in [1.165, 1.54) is 6.20 Å². The van der Waals surface area contributed by atoms with Crippen LogP contribution in [0, 0.1) is 0 Å². The molecule has 5 nitrogen and oxygen atoms in total. The molecule has 0 atom stereocenters. The lowest BCUT2D eigenvalue weighted by Crippen LogP contribution is -2.09. The lowest BCUT2D eigenvalue weighted by molar-refractivity contribution is 0.0654. The van der Waals surface area contributed by atoms with Gasteiger partial charge in [0.05, 0.1) is 38.8 Å². The zero-order valence-electron chi connectivity index (χ0n) is 7.64. The van der Waals surface area contributed by atoms with Gasteiger partial charge < -0.3 is 14.6 Å². The molecular formula is C8H14N2O3. The topological polar surface area (TPSA) is 56.5 Å². The van der Waals surface area contributed by atoms with Gasteiger partial charge in [0.25, 0.3) is 0 Å². The normalized spacial score (nSPS) is 10.5. The first-order valence-corrected chi connectivity index (χ1v) is 4.11. The highest BCUT2D eigenvalue weighted by Gasteiger charge is 1.94. The van der Waals surface area contributed by atoms with Crippen molar-refractivity contribution in [2.45, 2.75) is 6.54 Å². The first kappa shape index (κ1) is 10.0. The fourth-order valence-corrected chi connectivity index (χ4v) is 0.877. The fourth-order valence-electron chi connectivity index (χ4n) is 0.877. The number of aromatic hydroxyl groups is 1. The number of methoxy groups -OCH3 is 1. The molecule has 1 aromatic heterocycles. The zero-order valence-corrected chi connectivity index (χ0v) is 7.64. The van der Waals surface area contributed by atoms with Gasteiger partial charge >= 0.3 is 0 Å². The Kier molecular flexibility index (Phi) is 4.28. The third kappa shape index (κ3) is 3.91. The molecule has 0 amide bonds. The molecule has 0 spiro atoms. The first-order valence-electron chi connectivity index (χ1n) is 4.11. The lowest BCUT2D eigenvalue weighted by atomic mass is 10.6. The minimum Gasteiger partial charge on any atom is -0.505 e. The number of nitrogens with zero attached hydrogens (tertiary/aromatic N) is 2. The van der Waals surface area contributed by atoms with E-state index in [4.69, 9.17) is 14.6 Å². The Morgan fingerprint density at radius 1 is 1.46 bits per heavy atom. The quantitative estimate of drug-likeness (QED) is 0.647. The molecule has 5 heteroatoms. The molecule has 1 aromatic rings. The van der Waals surface area contributed by atoms with Gasteiger partial charge in [-0.15, -0.1) is 0 Å². The van der Waals surface area contributed by atoms with Crippen molar-refractivity contribution >= 4 is 0 Å². The molecule has 0 saturated heterocycles. The Morgan fingerprint density at radius 3 is 2.92 bits per heavy atom. The van der Waals surface area contributed by atoms with Crippen LogP contribution in [-0.2, 0) is 16.0 Å². The third-order valence-electron chi connectivity index (χ3n) is 1.52. The summed E-state index contributed by atoms with van der Waals surface area (Å²) >= 11 is 0. The second-order valence-corrected chi connectivity index (χ2v) is 2.57. The van der Waals surface area contributed by atoms with Crippen LogP contribution in [0.5, 0.6) is 5.75 Å². The summed E-state index contributed by atoms with van der Waals surface area (Å²) in [5.74, 6) is 0.178. The Labute approximate surface area is 76.9 Å². The molecular weight excluding hydrogens is 172 g/mol. The molecule has 0 aliphatic rings. The molecule has 74 valence electrons. The van der Waals surface area contributed by atoms with Gasteiger partial charge in [-0.2, -0.15) is 5.10 Å². The second-order valence-electron chi connectivity index (χ2n) is 2.57. The van der Waals surface area contributed by atoms with Crippen molar-refractivity contribution in [3.8, 4) is 5.75 Å². The van der Waals surface area contributed by atoms with Crippen molar-refractivity contribution in [2.24, 2.45) is 0 Å². The largest absolute Gasteiger partial charge is 0.505 e. The Balaban J connectivity index is 2.06. The fraction of sp³-hybridized carbons (Fsp3) is 0.625. The van der Waals surface area contributed by atoms with Crippen molar-refractivity contribution < 1.29 is 14.6 Å². The Bertz CT molecular complexity index is 237. The van der Waals surface area contributed by atoms with Gasteiger partial charge in [0, 0.05) is 7.11 Å². The van der Waals surface area contributed by atoms with Gasteiger partial charge in [-0.3, -0.25) is 4.68 Å². The summed E-state index contributed by atoms with van der Waals surface area (Å²) < 4.78 is 11.7. The van der Waals surface area contributed by atoms with Crippen LogP contribution in [0.15, 0.2) is 12.4 Å². The van der Waals surface area contributed by atoms with Gasteiger partial charge in [-0.25, -0.2) is 0 Å². The predicted molar refractivity (Wildman–Crippen MR) is 46.6 cm³/mol. The van der Waals surface area contributed by atoms with Crippen molar-refractivity contribution in [3.05, 3.63) is 12.4 Å². The number of hydrogen-bond donors (Lipinski definition) is 1. The molecule has 0 radical (unpaired) electrons. The third-order valence-corrected chi connectivity index (χ3v) is 1.52. The zero-order chi connectivity index (χ0) is 9.52. The van der Waals surface area contributed by atoms with Crippen LogP contribution < -0.4 is 0 Å². The predicted octanol–water partition coefficient (Wildman–Crippen LogP) is 0.252. The summed E-state index contributed by atoms with van der Waals surface area (Å²) in [4.78, 5) is 0. The molecule has 0 aliphatic heterocycles. The SMILES string of the molecule is COCCOCCn1cc(O)cn1. The number of ether oxygens (including phenoxy) is 2. The highest BCUT2D eigenvalue weighted by molar-refractivity contribution is 5.08. The lowest BCUT2D eigenvalue weighted by Gasteiger charge is -2.02. The number of hydrogen-bond acceptors (Lipinski definition) is 4. The molecule has 1 rings (SSSR count). The van der Waals surface area contributed by atoms with E-state index >= 15 is 0 Å². The number of rotatable bonds is 6. The average Bonchev–Trinajstić information content (AvgIpc) is 2.51. The van der Waals surface area contributed by atoms with Crippen LogP contribution in [0.3, 0.4) is 0 Å². The van der Waals surface area contributed by atoms with Crippen LogP contribution in [0.4, 0.5) is 0 Å². The maximum atomic E-state index is 8.95. The molecule has 0 unspecified atom stereocenters. The highest BCUT2D eigenvalue weighted by atomic mass is 16.5. The standard InChI is InChI=1S/C8H14N2O3/c1-12-4-5-13-3-2-10-7-8(11)6-9-10/h6-7,11H,2-5H2,1H3. The molecule has 0 bridgehead atoms. The summed E-state index contributed by atoms with van der Waals surface area (Å²) in [6.45, 7) is 2.41. The molecule has 1 heterocycles. The van der Waals surface area contributed by atoms with E-state index in [1.54, 1.807) is 18.0 Å². The van der Waals surface area contributed by atoms with E-state index in [2.05, 4.69) is 5.10 Å². The van der Waals surface area contributed by atoms with Crippen LogP contribution >= 0.6 is 0 Å². The second kappa shape index (κ2) is 5.55. The van der Waals surface area contributed by atoms with Gasteiger partial charge in [0.1, 0.15) is 0 Å². The Morgan fingerprint density at radius 2 is 2.31 bits per heavy atom. The van der Waals surface area contributed by atoms with E-state index in [-0.39, 0.29) is 5.75 Å². The van der Waals surface area contributed by atoms with E-state index in [1.807, 2.05) is 0 Å². The van der Waals surface area contributed by atoms with Crippen molar-refractivity contribution in [1.29, 1.82) is 0 Å².